The molecule has 1 N–H and O–H groups in total. The van der Waals surface area contributed by atoms with Gasteiger partial charge < -0.3 is 4.90 Å². The van der Waals surface area contributed by atoms with Crippen molar-refractivity contribution in [2.45, 2.75) is 33.0 Å². The van der Waals surface area contributed by atoms with Gasteiger partial charge in [-0.3, -0.25) is 20.2 Å². The maximum absolute atomic E-state index is 11.1. The molecule has 1 aliphatic rings. The highest BCUT2D eigenvalue weighted by molar-refractivity contribution is 5.76. The summed E-state index contributed by atoms with van der Waals surface area (Å²) in [4.78, 5) is 23.2. The molecule has 1 amide bonds. The highest BCUT2D eigenvalue weighted by Gasteiger charge is 2.35. The minimum absolute atomic E-state index is 0.0666. The number of nitrogens with zero attached hydrogens (tertiary/aromatic N) is 2. The Balaban J connectivity index is 2.00. The van der Waals surface area contributed by atoms with E-state index in [1.165, 1.54) is 6.07 Å². The summed E-state index contributed by atoms with van der Waals surface area (Å²) in [6, 6.07) is 4.92. The lowest BCUT2D eigenvalue weighted by Gasteiger charge is -2.09. The Morgan fingerprint density at radius 1 is 1.53 bits per heavy atom. The molecule has 102 valence electrons. The number of carbonyl (C=O) groups excluding carboxylic acids is 1. The maximum atomic E-state index is 11.1. The van der Waals surface area contributed by atoms with Crippen LogP contribution in [0.25, 0.3) is 0 Å². The Morgan fingerprint density at radius 2 is 2.26 bits per heavy atom. The van der Waals surface area contributed by atoms with E-state index in [0.717, 1.165) is 24.1 Å². The van der Waals surface area contributed by atoms with Crippen LogP contribution in [0.3, 0.4) is 0 Å². The molecule has 1 heterocycles. The second-order valence-electron chi connectivity index (χ2n) is 4.63. The Kier molecular flexibility index (Phi) is 3.80. The number of hydrogen-bond acceptors (Lipinski definition) is 4. The van der Waals surface area contributed by atoms with E-state index < -0.39 is 0 Å². The van der Waals surface area contributed by atoms with Gasteiger partial charge in [0.15, 0.2) is 0 Å². The summed E-state index contributed by atoms with van der Waals surface area (Å²) in [5.74, 6) is 0.0666. The molecule has 1 saturated heterocycles. The topological polar surface area (TPSA) is 75.2 Å². The van der Waals surface area contributed by atoms with Crippen molar-refractivity contribution in [2.75, 3.05) is 6.54 Å². The van der Waals surface area contributed by atoms with Crippen molar-refractivity contribution < 1.29 is 9.72 Å². The lowest BCUT2D eigenvalue weighted by molar-refractivity contribution is -0.384. The van der Waals surface area contributed by atoms with Gasteiger partial charge in [-0.25, -0.2) is 0 Å². The van der Waals surface area contributed by atoms with E-state index in [-0.39, 0.29) is 22.7 Å². The second kappa shape index (κ2) is 5.36. The summed E-state index contributed by atoms with van der Waals surface area (Å²) in [5.41, 5.74) is 2.14. The number of amides is 1. The fraction of sp³-hybridized carbons (Fsp3) is 0.462. The molecule has 0 aliphatic carbocycles. The van der Waals surface area contributed by atoms with E-state index in [1.807, 2.05) is 6.92 Å². The van der Waals surface area contributed by atoms with Crippen LogP contribution in [0.1, 0.15) is 25.0 Å². The predicted octanol–water partition coefficient (Wildman–Crippen LogP) is 1.44. The van der Waals surface area contributed by atoms with Crippen LogP contribution < -0.4 is 5.32 Å². The zero-order chi connectivity index (χ0) is 14.0. The summed E-state index contributed by atoms with van der Waals surface area (Å²) < 4.78 is 0. The van der Waals surface area contributed by atoms with Gasteiger partial charge in [0.1, 0.15) is 6.17 Å². The van der Waals surface area contributed by atoms with Gasteiger partial charge in [-0.2, -0.15) is 0 Å². The maximum Gasteiger partial charge on any atom is 0.269 e. The first-order valence-electron chi connectivity index (χ1n) is 6.29. The summed E-state index contributed by atoms with van der Waals surface area (Å²) in [6.45, 7) is 4.88. The van der Waals surface area contributed by atoms with Crippen LogP contribution in [0.2, 0.25) is 0 Å². The number of aryl methyl sites for hydroxylation is 1. The van der Waals surface area contributed by atoms with Gasteiger partial charge >= 0.3 is 0 Å². The molecule has 1 fully saturated rings. The number of hydrogen-bond donors (Lipinski definition) is 1. The van der Waals surface area contributed by atoms with Crippen LogP contribution in [-0.2, 0) is 17.8 Å². The van der Waals surface area contributed by atoms with Crippen LogP contribution >= 0.6 is 0 Å². The molecule has 6 heteroatoms. The summed E-state index contributed by atoms with van der Waals surface area (Å²) >= 11 is 0. The van der Waals surface area contributed by atoms with E-state index in [2.05, 4.69) is 5.32 Å². The smallest absolute Gasteiger partial charge is 0.269 e. The van der Waals surface area contributed by atoms with E-state index in [4.69, 9.17) is 0 Å². The largest absolute Gasteiger partial charge is 0.322 e. The van der Waals surface area contributed by atoms with E-state index in [1.54, 1.807) is 24.0 Å². The van der Waals surface area contributed by atoms with Crippen LogP contribution in [0, 0.1) is 10.1 Å². The van der Waals surface area contributed by atoms with Crippen molar-refractivity contribution in [1.82, 2.24) is 10.2 Å². The van der Waals surface area contributed by atoms with Gasteiger partial charge in [-0.1, -0.05) is 13.0 Å². The molecule has 19 heavy (non-hydrogen) atoms. The zero-order valence-corrected chi connectivity index (χ0v) is 11.0. The third-order valence-corrected chi connectivity index (χ3v) is 3.33. The monoisotopic (exact) mass is 263 g/mol. The van der Waals surface area contributed by atoms with Crippen LogP contribution in [-0.4, -0.2) is 28.4 Å². The Bertz CT molecular complexity index is 516. The van der Waals surface area contributed by atoms with Crippen molar-refractivity contribution in [3.63, 3.8) is 0 Å². The fourth-order valence-electron chi connectivity index (χ4n) is 2.12. The quantitative estimate of drug-likeness (QED) is 0.495. The molecule has 6 nitrogen and oxygen atoms in total. The van der Waals surface area contributed by atoms with Crippen LogP contribution in [0.4, 0.5) is 5.69 Å². The molecular formula is C13H17N3O3. The van der Waals surface area contributed by atoms with Crippen molar-refractivity contribution in [2.24, 2.45) is 0 Å². The number of benzene rings is 1. The lowest BCUT2D eigenvalue weighted by atomic mass is 10.0. The number of nitrogens with one attached hydrogen (secondary N) is 1. The first-order valence-corrected chi connectivity index (χ1v) is 6.29. The highest BCUT2D eigenvalue weighted by atomic mass is 16.6. The van der Waals surface area contributed by atoms with Gasteiger partial charge in [-0.05, 0) is 17.5 Å². The van der Waals surface area contributed by atoms with Gasteiger partial charge in [0.25, 0.3) is 5.69 Å². The predicted molar refractivity (Wildman–Crippen MR) is 70.5 cm³/mol. The van der Waals surface area contributed by atoms with Gasteiger partial charge in [0.05, 0.1) is 11.5 Å². The Hall–Kier alpha value is -1.95. The first kappa shape index (κ1) is 13.5. The third kappa shape index (κ3) is 3.08. The van der Waals surface area contributed by atoms with Gasteiger partial charge in [0.2, 0.25) is 5.91 Å². The molecule has 1 aliphatic heterocycles. The normalized spacial score (nSPS) is 17.4. The number of rotatable bonds is 5. The van der Waals surface area contributed by atoms with Gasteiger partial charge in [-0.15, -0.1) is 0 Å². The third-order valence-electron chi connectivity index (χ3n) is 3.33. The van der Waals surface area contributed by atoms with Gasteiger partial charge in [0, 0.05) is 25.6 Å². The number of non-ortho nitro benzene ring substituents is 1. The average molecular weight is 263 g/mol. The molecule has 2 rings (SSSR count). The average Bonchev–Trinajstić information content (AvgIpc) is 3.15. The standard InChI is InChI=1S/C13H17N3O3/c1-3-10-6-12(16(18)19)5-4-11(10)7-14-13-8-15(13)9(2)17/h4-6,13-14H,3,7-8H2,1-2H3. The molecule has 0 spiro atoms. The molecule has 1 unspecified atom stereocenters. The highest BCUT2D eigenvalue weighted by Crippen LogP contribution is 2.20. The number of nitro benzene ring substituents is 1. The molecule has 1 atom stereocenters. The summed E-state index contributed by atoms with van der Waals surface area (Å²) in [5, 5.41) is 14.0. The van der Waals surface area contributed by atoms with Crippen molar-refractivity contribution in [3.05, 3.63) is 39.4 Å². The summed E-state index contributed by atoms with van der Waals surface area (Å²) in [6.07, 6.45) is 0.858. The number of carbonyl (C=O) groups is 1. The molecule has 0 saturated carbocycles. The summed E-state index contributed by atoms with van der Waals surface area (Å²) in [7, 11) is 0. The van der Waals surface area contributed by atoms with E-state index in [9.17, 15) is 14.9 Å². The van der Waals surface area contributed by atoms with Crippen LogP contribution in [0.5, 0.6) is 0 Å². The Morgan fingerprint density at radius 3 is 2.79 bits per heavy atom. The van der Waals surface area contributed by atoms with Crippen molar-refractivity contribution >= 4 is 11.6 Å². The van der Waals surface area contributed by atoms with Crippen LogP contribution in [0.15, 0.2) is 18.2 Å². The minimum Gasteiger partial charge on any atom is -0.322 e. The Labute approximate surface area is 111 Å². The SMILES string of the molecule is CCc1cc([N+](=O)[O-])ccc1CNC1CN1C(C)=O. The van der Waals surface area contributed by atoms with Crippen molar-refractivity contribution in [1.29, 1.82) is 0 Å². The second-order valence-corrected chi connectivity index (χ2v) is 4.63. The molecule has 1 aromatic carbocycles. The first-order chi connectivity index (χ1) is 9.02. The fourth-order valence-corrected chi connectivity index (χ4v) is 2.12. The minimum atomic E-state index is -0.380. The van der Waals surface area contributed by atoms with E-state index >= 15 is 0 Å². The molecule has 1 aromatic rings. The zero-order valence-electron chi connectivity index (χ0n) is 11.0. The lowest BCUT2D eigenvalue weighted by Crippen LogP contribution is -2.23. The molecule has 0 bridgehead atoms. The molecule has 0 radical (unpaired) electrons. The molecule has 0 aromatic heterocycles. The van der Waals surface area contributed by atoms with E-state index in [0.29, 0.717) is 6.54 Å². The molecular weight excluding hydrogens is 246 g/mol. The van der Waals surface area contributed by atoms with Crippen molar-refractivity contribution in [3.8, 4) is 0 Å². The number of nitro groups is 1.